The Morgan fingerprint density at radius 1 is 1.58 bits per heavy atom. The van der Waals surface area contributed by atoms with Crippen LogP contribution >= 0.6 is 11.6 Å². The fourth-order valence-corrected chi connectivity index (χ4v) is 2.61. The van der Waals surface area contributed by atoms with E-state index in [1.54, 1.807) is 25.3 Å². The van der Waals surface area contributed by atoms with Gasteiger partial charge in [-0.1, -0.05) is 11.6 Å². The average Bonchev–Trinajstić information content (AvgIpc) is 2.75. The van der Waals surface area contributed by atoms with Gasteiger partial charge in [-0.15, -0.1) is 0 Å². The third-order valence-corrected chi connectivity index (χ3v) is 3.63. The molecule has 1 unspecified atom stereocenters. The molecule has 1 aliphatic rings. The fourth-order valence-electron chi connectivity index (χ4n) is 2.43. The summed E-state index contributed by atoms with van der Waals surface area (Å²) in [6, 6.07) is 5.20. The zero-order chi connectivity index (χ0) is 13.8. The van der Waals surface area contributed by atoms with Gasteiger partial charge in [0.15, 0.2) is 0 Å². The van der Waals surface area contributed by atoms with Crippen molar-refractivity contribution in [3.8, 4) is 5.75 Å². The van der Waals surface area contributed by atoms with Crippen LogP contribution in [-0.4, -0.2) is 38.1 Å². The first-order chi connectivity index (χ1) is 9.08. The standard InChI is InChI=1S/C14H19ClN2O2/c1-17-6-5-10(9-17)7-14(18)16-12-8-11(15)3-4-13(12)19-2/h3-4,8,10H,5-7,9H2,1-2H3,(H,16,18). The van der Waals surface area contributed by atoms with Gasteiger partial charge in [-0.05, 0) is 44.1 Å². The molecule has 0 spiro atoms. The molecule has 1 heterocycles. The molecule has 19 heavy (non-hydrogen) atoms. The van der Waals surface area contributed by atoms with Crippen molar-refractivity contribution < 1.29 is 9.53 Å². The van der Waals surface area contributed by atoms with E-state index >= 15 is 0 Å². The molecule has 5 heteroatoms. The van der Waals surface area contributed by atoms with E-state index < -0.39 is 0 Å². The van der Waals surface area contributed by atoms with Crippen LogP contribution in [0.5, 0.6) is 5.75 Å². The van der Waals surface area contributed by atoms with Crippen molar-refractivity contribution >= 4 is 23.2 Å². The van der Waals surface area contributed by atoms with Crippen LogP contribution in [0.25, 0.3) is 0 Å². The molecule has 1 amide bonds. The highest BCUT2D eigenvalue weighted by Crippen LogP contribution is 2.28. The highest BCUT2D eigenvalue weighted by molar-refractivity contribution is 6.31. The summed E-state index contributed by atoms with van der Waals surface area (Å²) >= 11 is 5.93. The summed E-state index contributed by atoms with van der Waals surface area (Å²) in [5.41, 5.74) is 0.631. The zero-order valence-electron chi connectivity index (χ0n) is 11.3. The maximum atomic E-state index is 12.0. The number of carbonyl (C=O) groups is 1. The first-order valence-electron chi connectivity index (χ1n) is 6.40. The number of ether oxygens (including phenoxy) is 1. The van der Waals surface area contributed by atoms with Crippen molar-refractivity contribution in [2.24, 2.45) is 5.92 Å². The summed E-state index contributed by atoms with van der Waals surface area (Å²) in [6.07, 6.45) is 1.62. The molecule has 1 aromatic carbocycles. The summed E-state index contributed by atoms with van der Waals surface area (Å²) < 4.78 is 5.21. The van der Waals surface area contributed by atoms with Crippen LogP contribution in [-0.2, 0) is 4.79 Å². The van der Waals surface area contributed by atoms with Gasteiger partial charge in [0.05, 0.1) is 12.8 Å². The van der Waals surface area contributed by atoms with E-state index in [0.29, 0.717) is 28.8 Å². The van der Waals surface area contributed by atoms with Gasteiger partial charge in [0.2, 0.25) is 5.91 Å². The van der Waals surface area contributed by atoms with Crippen molar-refractivity contribution in [2.45, 2.75) is 12.8 Å². The topological polar surface area (TPSA) is 41.6 Å². The van der Waals surface area contributed by atoms with E-state index in [9.17, 15) is 4.79 Å². The first kappa shape index (κ1) is 14.2. The van der Waals surface area contributed by atoms with Crippen molar-refractivity contribution in [3.05, 3.63) is 23.2 Å². The molecule has 104 valence electrons. The van der Waals surface area contributed by atoms with Gasteiger partial charge in [0.25, 0.3) is 0 Å². The molecular weight excluding hydrogens is 264 g/mol. The fraction of sp³-hybridized carbons (Fsp3) is 0.500. The van der Waals surface area contributed by atoms with Gasteiger partial charge in [0, 0.05) is 18.0 Å². The molecule has 0 saturated carbocycles. The predicted octanol–water partition coefficient (Wildman–Crippen LogP) is 2.63. The van der Waals surface area contributed by atoms with Crippen molar-refractivity contribution in [1.29, 1.82) is 0 Å². The van der Waals surface area contributed by atoms with E-state index in [2.05, 4.69) is 17.3 Å². The molecule has 1 atom stereocenters. The third kappa shape index (κ3) is 3.85. The number of halogens is 1. The van der Waals surface area contributed by atoms with Gasteiger partial charge >= 0.3 is 0 Å². The Balaban J connectivity index is 1.96. The Morgan fingerprint density at radius 2 is 2.37 bits per heavy atom. The number of hydrogen-bond donors (Lipinski definition) is 1. The maximum Gasteiger partial charge on any atom is 0.224 e. The molecule has 1 aromatic rings. The Morgan fingerprint density at radius 3 is 3.00 bits per heavy atom. The molecule has 1 aliphatic heterocycles. The summed E-state index contributed by atoms with van der Waals surface area (Å²) in [5.74, 6) is 1.08. The Labute approximate surface area is 118 Å². The van der Waals surface area contributed by atoms with E-state index in [-0.39, 0.29) is 5.91 Å². The van der Waals surface area contributed by atoms with Gasteiger partial charge in [-0.25, -0.2) is 0 Å². The summed E-state index contributed by atoms with van der Waals surface area (Å²) in [4.78, 5) is 14.3. The SMILES string of the molecule is COc1ccc(Cl)cc1NC(=O)CC1CCN(C)C1. The Kier molecular flexibility index (Phi) is 4.66. The molecular formula is C14H19ClN2O2. The van der Waals surface area contributed by atoms with E-state index in [4.69, 9.17) is 16.3 Å². The molecule has 0 bridgehead atoms. The minimum atomic E-state index is 0.0147. The van der Waals surface area contributed by atoms with Crippen molar-refractivity contribution in [2.75, 3.05) is 32.6 Å². The van der Waals surface area contributed by atoms with Crippen LogP contribution in [0, 0.1) is 5.92 Å². The number of anilines is 1. The number of nitrogens with one attached hydrogen (secondary N) is 1. The number of methoxy groups -OCH3 is 1. The lowest BCUT2D eigenvalue weighted by atomic mass is 10.0. The molecule has 0 aliphatic carbocycles. The highest BCUT2D eigenvalue weighted by atomic mass is 35.5. The van der Waals surface area contributed by atoms with Crippen LogP contribution in [0.2, 0.25) is 5.02 Å². The van der Waals surface area contributed by atoms with Crippen LogP contribution < -0.4 is 10.1 Å². The first-order valence-corrected chi connectivity index (χ1v) is 6.78. The number of hydrogen-bond acceptors (Lipinski definition) is 3. The molecule has 0 radical (unpaired) electrons. The zero-order valence-corrected chi connectivity index (χ0v) is 12.0. The Hall–Kier alpha value is -1.26. The largest absolute Gasteiger partial charge is 0.495 e. The maximum absolute atomic E-state index is 12.0. The molecule has 1 saturated heterocycles. The van der Waals surface area contributed by atoms with Crippen LogP contribution in [0.1, 0.15) is 12.8 Å². The van der Waals surface area contributed by atoms with Gasteiger partial charge in [0.1, 0.15) is 5.75 Å². The minimum absolute atomic E-state index is 0.0147. The number of likely N-dealkylation sites (tertiary alicyclic amines) is 1. The lowest BCUT2D eigenvalue weighted by Crippen LogP contribution is -2.19. The van der Waals surface area contributed by atoms with Gasteiger partial charge in [-0.2, -0.15) is 0 Å². The third-order valence-electron chi connectivity index (χ3n) is 3.40. The van der Waals surface area contributed by atoms with Crippen molar-refractivity contribution in [1.82, 2.24) is 4.90 Å². The second-order valence-corrected chi connectivity index (χ2v) is 5.45. The van der Waals surface area contributed by atoms with Crippen LogP contribution in [0.15, 0.2) is 18.2 Å². The van der Waals surface area contributed by atoms with E-state index in [0.717, 1.165) is 19.5 Å². The second kappa shape index (κ2) is 6.26. The lowest BCUT2D eigenvalue weighted by Gasteiger charge is -2.13. The molecule has 2 rings (SSSR count). The molecule has 4 nitrogen and oxygen atoms in total. The lowest BCUT2D eigenvalue weighted by molar-refractivity contribution is -0.117. The van der Waals surface area contributed by atoms with Crippen molar-refractivity contribution in [3.63, 3.8) is 0 Å². The van der Waals surface area contributed by atoms with Gasteiger partial charge in [-0.3, -0.25) is 4.79 Å². The highest BCUT2D eigenvalue weighted by Gasteiger charge is 2.22. The smallest absolute Gasteiger partial charge is 0.224 e. The number of amides is 1. The number of carbonyl (C=O) groups excluding carboxylic acids is 1. The second-order valence-electron chi connectivity index (χ2n) is 5.01. The van der Waals surface area contributed by atoms with Gasteiger partial charge < -0.3 is 15.0 Å². The molecule has 0 aromatic heterocycles. The van der Waals surface area contributed by atoms with E-state index in [1.165, 1.54) is 0 Å². The molecule has 1 fully saturated rings. The monoisotopic (exact) mass is 282 g/mol. The summed E-state index contributed by atoms with van der Waals surface area (Å²) in [7, 11) is 3.66. The average molecular weight is 283 g/mol. The number of benzene rings is 1. The summed E-state index contributed by atoms with van der Waals surface area (Å²) in [5, 5.41) is 3.46. The quantitative estimate of drug-likeness (QED) is 0.923. The molecule has 1 N–H and O–H groups in total. The number of nitrogens with zero attached hydrogens (tertiary/aromatic N) is 1. The predicted molar refractivity (Wildman–Crippen MR) is 76.9 cm³/mol. The van der Waals surface area contributed by atoms with Crippen LogP contribution in [0.4, 0.5) is 5.69 Å². The minimum Gasteiger partial charge on any atom is -0.495 e. The van der Waals surface area contributed by atoms with E-state index in [1.807, 2.05) is 0 Å². The summed E-state index contributed by atoms with van der Waals surface area (Å²) in [6.45, 7) is 2.05. The Bertz CT molecular complexity index is 465. The number of rotatable bonds is 4. The normalized spacial score (nSPS) is 19.4. The van der Waals surface area contributed by atoms with Crippen LogP contribution in [0.3, 0.4) is 0 Å².